The van der Waals surface area contributed by atoms with Gasteiger partial charge in [-0.05, 0) is 25.1 Å². The van der Waals surface area contributed by atoms with Gasteiger partial charge in [0.1, 0.15) is 0 Å². The topological polar surface area (TPSA) is 52.2 Å². The maximum atomic E-state index is 10.1. The fourth-order valence-corrected chi connectivity index (χ4v) is 0.518. The smallest absolute Gasteiger partial charge is 0.0669 e. The van der Waals surface area contributed by atoms with Crippen molar-refractivity contribution in [3.63, 3.8) is 0 Å². The van der Waals surface area contributed by atoms with E-state index in [1.54, 1.807) is 0 Å². The predicted octanol–water partition coefficient (Wildman–Crippen LogP) is -0.708. The van der Waals surface area contributed by atoms with Crippen LogP contribution in [0.3, 0.4) is 0 Å². The number of carbonyl (C=O) groups excluding carboxylic acids is 1. The summed E-state index contributed by atoms with van der Waals surface area (Å²) >= 11 is 0. The van der Waals surface area contributed by atoms with Crippen LogP contribution in [0.25, 0.3) is 0 Å². The van der Waals surface area contributed by atoms with Gasteiger partial charge in [0.25, 0.3) is 0 Å². The van der Waals surface area contributed by atoms with E-state index in [0.29, 0.717) is 13.0 Å². The van der Waals surface area contributed by atoms with E-state index in [2.05, 4.69) is 11.9 Å². The van der Waals surface area contributed by atoms with Gasteiger partial charge in [-0.2, -0.15) is 0 Å². The summed E-state index contributed by atoms with van der Waals surface area (Å²) in [5.41, 5.74) is 0.154. The Hall–Kier alpha value is -0.830. The van der Waals surface area contributed by atoms with E-state index >= 15 is 0 Å². The van der Waals surface area contributed by atoms with E-state index in [4.69, 9.17) is 0 Å². The van der Waals surface area contributed by atoms with Crippen molar-refractivity contribution in [2.75, 3.05) is 13.1 Å². The highest BCUT2D eigenvalue weighted by molar-refractivity contribution is 5.83. The van der Waals surface area contributed by atoms with Gasteiger partial charge in [-0.25, -0.2) is 0 Å². The van der Waals surface area contributed by atoms with E-state index in [-0.39, 0.29) is 5.57 Å². The molecule has 0 saturated carbocycles. The second-order valence-electron chi connectivity index (χ2n) is 1.99. The molecule has 0 bridgehead atoms. The van der Waals surface area contributed by atoms with Crippen molar-refractivity contribution in [3.8, 4) is 0 Å². The van der Waals surface area contributed by atoms with E-state index in [1.807, 2.05) is 6.92 Å². The summed E-state index contributed by atoms with van der Waals surface area (Å²) in [7, 11) is 0. The van der Waals surface area contributed by atoms with Gasteiger partial charge in [0.15, 0.2) is 0 Å². The van der Waals surface area contributed by atoms with Crippen LogP contribution >= 0.6 is 0 Å². The van der Waals surface area contributed by atoms with Gasteiger partial charge in [0.2, 0.25) is 0 Å². The first-order chi connectivity index (χ1) is 4.68. The molecule has 0 aliphatic rings. The number of hydrogen-bond acceptors (Lipinski definition) is 3. The second-order valence-corrected chi connectivity index (χ2v) is 1.99. The number of carboxylic acid groups (broad SMARTS) is 1. The molecule has 3 nitrogen and oxygen atoms in total. The molecule has 10 heavy (non-hydrogen) atoms. The minimum absolute atomic E-state index is 0.154. The van der Waals surface area contributed by atoms with Gasteiger partial charge < -0.3 is 15.2 Å². The monoisotopic (exact) mass is 142 g/mol. The fraction of sp³-hybridized carbons (Fsp3) is 0.571. The molecular formula is C7H12NO2-. The third-order valence-electron chi connectivity index (χ3n) is 1.14. The van der Waals surface area contributed by atoms with Crippen LogP contribution in [-0.2, 0) is 4.79 Å². The molecule has 0 aromatic heterocycles. The number of carbonyl (C=O) groups is 1. The molecule has 0 atom stereocenters. The molecular weight excluding hydrogens is 130 g/mol. The number of hydrogen-bond donors (Lipinski definition) is 1. The zero-order chi connectivity index (χ0) is 7.98. The Morgan fingerprint density at radius 3 is 2.70 bits per heavy atom. The molecule has 0 aromatic carbocycles. The average molecular weight is 142 g/mol. The zero-order valence-corrected chi connectivity index (χ0v) is 6.14. The Morgan fingerprint density at radius 2 is 2.30 bits per heavy atom. The van der Waals surface area contributed by atoms with Gasteiger partial charge in [-0.15, -0.1) is 0 Å². The Balaban J connectivity index is 3.31. The molecule has 0 radical (unpaired) electrons. The summed E-state index contributed by atoms with van der Waals surface area (Å²) in [6, 6.07) is 0. The van der Waals surface area contributed by atoms with Crippen LogP contribution in [0.15, 0.2) is 12.2 Å². The third-order valence-corrected chi connectivity index (χ3v) is 1.14. The minimum atomic E-state index is -1.15. The number of rotatable bonds is 5. The van der Waals surface area contributed by atoms with Gasteiger partial charge in [-0.1, -0.05) is 13.5 Å². The van der Waals surface area contributed by atoms with Gasteiger partial charge >= 0.3 is 0 Å². The predicted molar refractivity (Wildman–Crippen MR) is 37.3 cm³/mol. The van der Waals surface area contributed by atoms with Crippen molar-refractivity contribution < 1.29 is 9.90 Å². The summed E-state index contributed by atoms with van der Waals surface area (Å²) in [5.74, 6) is -1.15. The molecule has 0 aliphatic carbocycles. The molecule has 3 heteroatoms. The first kappa shape index (κ1) is 9.17. The molecule has 0 aliphatic heterocycles. The molecule has 0 heterocycles. The van der Waals surface area contributed by atoms with Crippen LogP contribution in [-0.4, -0.2) is 19.1 Å². The molecule has 0 aromatic rings. The van der Waals surface area contributed by atoms with Crippen LogP contribution in [0, 0.1) is 0 Å². The van der Waals surface area contributed by atoms with E-state index in [0.717, 1.165) is 6.54 Å². The van der Waals surface area contributed by atoms with Crippen LogP contribution in [0.2, 0.25) is 0 Å². The van der Waals surface area contributed by atoms with Gasteiger partial charge in [0, 0.05) is 0 Å². The first-order valence-corrected chi connectivity index (χ1v) is 3.28. The lowest BCUT2D eigenvalue weighted by atomic mass is 10.2. The highest BCUT2D eigenvalue weighted by atomic mass is 16.4. The molecule has 0 amide bonds. The lowest BCUT2D eigenvalue weighted by Crippen LogP contribution is -2.26. The number of nitrogens with one attached hydrogen (secondary N) is 1. The molecule has 0 saturated heterocycles. The SMILES string of the molecule is C=C(CCNCC)C(=O)[O-]. The summed E-state index contributed by atoms with van der Waals surface area (Å²) < 4.78 is 0. The fourth-order valence-electron chi connectivity index (χ4n) is 0.518. The van der Waals surface area contributed by atoms with Crippen molar-refractivity contribution in [2.24, 2.45) is 0 Å². The van der Waals surface area contributed by atoms with Crippen molar-refractivity contribution >= 4 is 5.97 Å². The summed E-state index contributed by atoms with van der Waals surface area (Å²) in [6.07, 6.45) is 0.455. The maximum absolute atomic E-state index is 10.1. The Bertz CT molecular complexity index is 132. The van der Waals surface area contributed by atoms with E-state index in [9.17, 15) is 9.90 Å². The largest absolute Gasteiger partial charge is 0.545 e. The quantitative estimate of drug-likeness (QED) is 0.407. The molecule has 0 unspecified atom stereocenters. The highest BCUT2D eigenvalue weighted by Gasteiger charge is 1.92. The lowest BCUT2D eigenvalue weighted by Gasteiger charge is -2.05. The van der Waals surface area contributed by atoms with Crippen molar-refractivity contribution in [1.29, 1.82) is 0 Å². The Labute approximate surface area is 60.7 Å². The van der Waals surface area contributed by atoms with Crippen molar-refractivity contribution in [2.45, 2.75) is 13.3 Å². The normalized spacial score (nSPS) is 9.30. The van der Waals surface area contributed by atoms with Crippen molar-refractivity contribution in [3.05, 3.63) is 12.2 Å². The van der Waals surface area contributed by atoms with E-state index < -0.39 is 5.97 Å². The summed E-state index contributed by atoms with van der Waals surface area (Å²) in [5, 5.41) is 13.0. The second kappa shape index (κ2) is 4.99. The average Bonchev–Trinajstić information content (AvgIpc) is 1.88. The zero-order valence-electron chi connectivity index (χ0n) is 6.14. The van der Waals surface area contributed by atoms with Crippen LogP contribution in [0.5, 0.6) is 0 Å². The molecule has 0 spiro atoms. The minimum Gasteiger partial charge on any atom is -0.545 e. The molecule has 0 rings (SSSR count). The molecule has 1 N–H and O–H groups in total. The summed E-state index contributed by atoms with van der Waals surface area (Å²) in [4.78, 5) is 10.1. The first-order valence-electron chi connectivity index (χ1n) is 3.28. The van der Waals surface area contributed by atoms with Crippen LogP contribution < -0.4 is 10.4 Å². The Kier molecular flexibility index (Phi) is 4.58. The van der Waals surface area contributed by atoms with Crippen LogP contribution in [0.4, 0.5) is 0 Å². The molecule has 58 valence electrons. The maximum Gasteiger partial charge on any atom is 0.0669 e. The van der Waals surface area contributed by atoms with Crippen LogP contribution in [0.1, 0.15) is 13.3 Å². The van der Waals surface area contributed by atoms with E-state index in [1.165, 1.54) is 0 Å². The highest BCUT2D eigenvalue weighted by Crippen LogP contribution is 1.92. The summed E-state index contributed by atoms with van der Waals surface area (Å²) in [6.45, 7) is 6.79. The van der Waals surface area contributed by atoms with Gasteiger partial charge in [0.05, 0.1) is 5.97 Å². The Morgan fingerprint density at radius 1 is 1.70 bits per heavy atom. The standard InChI is InChI=1S/C7H13NO2/c1-3-8-5-4-6(2)7(9)10/h8H,2-5H2,1H3,(H,9,10)/p-1. The number of carboxylic acids is 1. The number of aliphatic carboxylic acids is 1. The lowest BCUT2D eigenvalue weighted by molar-refractivity contribution is -0.299. The third kappa shape index (κ3) is 4.09. The van der Waals surface area contributed by atoms with Crippen molar-refractivity contribution in [1.82, 2.24) is 5.32 Å². The van der Waals surface area contributed by atoms with Gasteiger partial charge in [-0.3, -0.25) is 0 Å². The molecule has 0 fully saturated rings.